The molecule has 2 heterocycles. The zero-order valence-electron chi connectivity index (χ0n) is 17.3. The average molecular weight is 415 g/mol. The van der Waals surface area contributed by atoms with Crippen LogP contribution in [-0.4, -0.2) is 5.78 Å². The molecule has 0 saturated carbocycles. The molecule has 0 fully saturated rings. The molecule has 0 bridgehead atoms. The Morgan fingerprint density at radius 1 is 0.933 bits per heavy atom. The van der Waals surface area contributed by atoms with Gasteiger partial charge in [-0.25, -0.2) is 0 Å². The van der Waals surface area contributed by atoms with Gasteiger partial charge in [0, 0.05) is 28.5 Å². The van der Waals surface area contributed by atoms with Gasteiger partial charge in [0.05, 0.1) is 17.4 Å². The number of fused-ring (bicyclic) bond motifs is 1. The van der Waals surface area contributed by atoms with Crippen LogP contribution in [0.4, 0.5) is 11.4 Å². The van der Waals surface area contributed by atoms with Gasteiger partial charge < -0.3 is 10.6 Å². The number of thiophene rings is 1. The zero-order valence-corrected chi connectivity index (χ0v) is 18.1. The number of allylic oxidation sites excluding steroid dienone is 1. The third-order valence-corrected chi connectivity index (χ3v) is 7.23. The highest BCUT2D eigenvalue weighted by Gasteiger charge is 2.36. The molecule has 5 rings (SSSR count). The second-order valence-electron chi connectivity index (χ2n) is 8.51. The SMILES string of the molecule is CC(C)c1ccc(C2Nc3ccccc3NC3=C2C(=O)CC(c2cccs2)C3)cc1. The largest absolute Gasteiger partial charge is 0.372 e. The summed E-state index contributed by atoms with van der Waals surface area (Å²) in [7, 11) is 0. The molecule has 3 nitrogen and oxygen atoms in total. The predicted molar refractivity (Wildman–Crippen MR) is 125 cm³/mol. The third kappa shape index (κ3) is 3.46. The van der Waals surface area contributed by atoms with Gasteiger partial charge in [-0.05, 0) is 47.0 Å². The van der Waals surface area contributed by atoms with E-state index < -0.39 is 0 Å². The molecular weight excluding hydrogens is 388 g/mol. The molecule has 1 aliphatic carbocycles. The fourth-order valence-corrected chi connectivity index (χ4v) is 5.37. The van der Waals surface area contributed by atoms with E-state index in [0.717, 1.165) is 34.6 Å². The Hall–Kier alpha value is -2.85. The molecule has 0 spiro atoms. The van der Waals surface area contributed by atoms with Gasteiger partial charge in [-0.3, -0.25) is 4.79 Å². The van der Waals surface area contributed by atoms with Crippen molar-refractivity contribution in [1.82, 2.24) is 0 Å². The molecule has 0 saturated heterocycles. The molecule has 3 aromatic rings. The number of ketones is 1. The lowest BCUT2D eigenvalue weighted by atomic mass is 9.80. The van der Waals surface area contributed by atoms with Crippen molar-refractivity contribution in [3.05, 3.63) is 93.3 Å². The van der Waals surface area contributed by atoms with Crippen molar-refractivity contribution in [2.24, 2.45) is 0 Å². The van der Waals surface area contributed by atoms with Crippen LogP contribution in [-0.2, 0) is 4.79 Å². The third-order valence-electron chi connectivity index (χ3n) is 6.19. The van der Waals surface area contributed by atoms with Crippen LogP contribution < -0.4 is 10.6 Å². The van der Waals surface area contributed by atoms with Crippen LogP contribution >= 0.6 is 11.3 Å². The molecular formula is C26H26N2OS. The highest BCUT2D eigenvalue weighted by atomic mass is 32.1. The maximum atomic E-state index is 13.5. The lowest BCUT2D eigenvalue weighted by molar-refractivity contribution is -0.116. The van der Waals surface area contributed by atoms with Crippen molar-refractivity contribution >= 4 is 28.5 Å². The first-order valence-electron chi connectivity index (χ1n) is 10.6. The number of rotatable bonds is 3. The molecule has 2 unspecified atom stereocenters. The molecule has 30 heavy (non-hydrogen) atoms. The van der Waals surface area contributed by atoms with E-state index in [1.54, 1.807) is 11.3 Å². The molecule has 4 heteroatoms. The summed E-state index contributed by atoms with van der Waals surface area (Å²) in [5.41, 5.74) is 6.45. The zero-order chi connectivity index (χ0) is 20.7. The topological polar surface area (TPSA) is 41.1 Å². The highest BCUT2D eigenvalue weighted by Crippen LogP contribution is 2.44. The molecule has 2 N–H and O–H groups in total. The molecule has 2 atom stereocenters. The normalized spacial score (nSPS) is 20.8. The summed E-state index contributed by atoms with van der Waals surface area (Å²) >= 11 is 1.74. The van der Waals surface area contributed by atoms with Crippen LogP contribution in [0.25, 0.3) is 0 Å². The van der Waals surface area contributed by atoms with E-state index >= 15 is 0 Å². The van der Waals surface area contributed by atoms with E-state index in [9.17, 15) is 4.79 Å². The summed E-state index contributed by atoms with van der Waals surface area (Å²) < 4.78 is 0. The summed E-state index contributed by atoms with van der Waals surface area (Å²) in [5.74, 6) is 0.972. The summed E-state index contributed by atoms with van der Waals surface area (Å²) in [6.07, 6.45) is 1.43. The van der Waals surface area contributed by atoms with E-state index in [1.165, 1.54) is 10.4 Å². The van der Waals surface area contributed by atoms with Gasteiger partial charge in [0.25, 0.3) is 0 Å². The quantitative estimate of drug-likeness (QED) is 0.492. The number of hydrogen-bond acceptors (Lipinski definition) is 4. The van der Waals surface area contributed by atoms with Gasteiger partial charge >= 0.3 is 0 Å². The fourth-order valence-electron chi connectivity index (χ4n) is 4.54. The number of anilines is 2. The van der Waals surface area contributed by atoms with Crippen molar-refractivity contribution in [3.63, 3.8) is 0 Å². The van der Waals surface area contributed by atoms with Gasteiger partial charge in [-0.1, -0.05) is 56.3 Å². The first kappa shape index (κ1) is 19.1. The maximum absolute atomic E-state index is 13.5. The second kappa shape index (κ2) is 7.77. The van der Waals surface area contributed by atoms with E-state index in [2.05, 4.69) is 78.4 Å². The molecule has 0 amide bonds. The van der Waals surface area contributed by atoms with Crippen LogP contribution in [0, 0.1) is 0 Å². The van der Waals surface area contributed by atoms with Gasteiger partial charge in [0.2, 0.25) is 0 Å². The molecule has 1 aliphatic heterocycles. The second-order valence-corrected chi connectivity index (χ2v) is 9.48. The summed E-state index contributed by atoms with van der Waals surface area (Å²) in [6.45, 7) is 4.41. The number of hydrogen-bond donors (Lipinski definition) is 2. The summed E-state index contributed by atoms with van der Waals surface area (Å²) in [4.78, 5) is 14.8. The van der Waals surface area contributed by atoms with Crippen molar-refractivity contribution in [3.8, 4) is 0 Å². The Labute approximate surface area is 181 Å². The molecule has 152 valence electrons. The monoisotopic (exact) mass is 414 g/mol. The number of carbonyl (C=O) groups excluding carboxylic acids is 1. The minimum atomic E-state index is -0.144. The van der Waals surface area contributed by atoms with Gasteiger partial charge in [0.1, 0.15) is 0 Å². The number of para-hydroxylation sites is 2. The van der Waals surface area contributed by atoms with E-state index in [-0.39, 0.29) is 17.7 Å². The molecule has 0 radical (unpaired) electrons. The van der Waals surface area contributed by atoms with Crippen LogP contribution in [0.2, 0.25) is 0 Å². The van der Waals surface area contributed by atoms with Crippen molar-refractivity contribution < 1.29 is 4.79 Å². The Balaban J connectivity index is 1.59. The smallest absolute Gasteiger partial charge is 0.163 e. The van der Waals surface area contributed by atoms with Gasteiger partial charge in [-0.15, -0.1) is 11.3 Å². The van der Waals surface area contributed by atoms with Crippen molar-refractivity contribution in [1.29, 1.82) is 0 Å². The molecule has 2 aliphatic rings. The van der Waals surface area contributed by atoms with Crippen LogP contribution in [0.1, 0.15) is 60.6 Å². The fraction of sp³-hybridized carbons (Fsp3) is 0.269. The first-order valence-corrected chi connectivity index (χ1v) is 11.5. The van der Waals surface area contributed by atoms with E-state index in [4.69, 9.17) is 0 Å². The van der Waals surface area contributed by atoms with Gasteiger partial charge in [0.15, 0.2) is 5.78 Å². The van der Waals surface area contributed by atoms with Crippen LogP contribution in [0.15, 0.2) is 77.3 Å². The lowest BCUT2D eigenvalue weighted by Crippen LogP contribution is -2.26. The number of benzene rings is 2. The van der Waals surface area contributed by atoms with Crippen molar-refractivity contribution in [2.45, 2.75) is 44.6 Å². The summed E-state index contributed by atoms with van der Waals surface area (Å²) in [5, 5.41) is 9.38. The number of Topliss-reactive ketones (excluding diaryl/α,β-unsaturated/α-hetero) is 1. The van der Waals surface area contributed by atoms with Crippen LogP contribution in [0.3, 0.4) is 0 Å². The summed E-state index contributed by atoms with van der Waals surface area (Å²) in [6, 6.07) is 21.0. The Kier molecular flexibility index (Phi) is 4.95. The van der Waals surface area contributed by atoms with Gasteiger partial charge in [-0.2, -0.15) is 0 Å². The molecule has 2 aromatic carbocycles. The van der Waals surface area contributed by atoms with Crippen molar-refractivity contribution in [2.75, 3.05) is 10.6 Å². The Bertz CT molecular complexity index is 1100. The highest BCUT2D eigenvalue weighted by molar-refractivity contribution is 7.10. The number of nitrogens with one attached hydrogen (secondary N) is 2. The average Bonchev–Trinajstić information content (AvgIpc) is 3.23. The van der Waals surface area contributed by atoms with Crippen LogP contribution in [0.5, 0.6) is 0 Å². The van der Waals surface area contributed by atoms with E-state index in [0.29, 0.717) is 12.3 Å². The lowest BCUT2D eigenvalue weighted by Gasteiger charge is -2.29. The minimum Gasteiger partial charge on any atom is -0.372 e. The Morgan fingerprint density at radius 3 is 2.40 bits per heavy atom. The van der Waals surface area contributed by atoms with E-state index in [1.807, 2.05) is 12.1 Å². The standard InChI is InChI=1S/C26H26N2OS/c1-16(2)17-9-11-18(12-10-17)26-25-22(27-20-6-3-4-7-21(20)28-26)14-19(15-23(25)29)24-8-5-13-30-24/h3-13,16,19,26-28H,14-15H2,1-2H3. The maximum Gasteiger partial charge on any atom is 0.163 e. The molecule has 1 aromatic heterocycles. The predicted octanol–water partition coefficient (Wildman–Crippen LogP) is 6.85. The first-order chi connectivity index (χ1) is 14.6. The minimum absolute atomic E-state index is 0.144. The Morgan fingerprint density at radius 2 is 1.70 bits per heavy atom. The number of carbonyl (C=O) groups is 1.